The molecular weight excluding hydrogens is 444 g/mol. The third-order valence-corrected chi connectivity index (χ3v) is 7.59. The summed E-state index contributed by atoms with van der Waals surface area (Å²) in [6.07, 6.45) is 0.120. The predicted molar refractivity (Wildman–Crippen MR) is 129 cm³/mol. The van der Waals surface area contributed by atoms with Gasteiger partial charge in [0.25, 0.3) is 5.91 Å². The minimum absolute atomic E-state index is 0.0626. The summed E-state index contributed by atoms with van der Waals surface area (Å²) in [5, 5.41) is 2.94. The zero-order chi connectivity index (χ0) is 24.9. The molecular formula is C27H30N4O4. The molecule has 1 unspecified atom stereocenters. The van der Waals surface area contributed by atoms with E-state index in [-0.39, 0.29) is 48.7 Å². The van der Waals surface area contributed by atoms with Gasteiger partial charge in [0, 0.05) is 20.1 Å². The van der Waals surface area contributed by atoms with E-state index in [4.69, 9.17) is 0 Å². The Morgan fingerprint density at radius 1 is 1.03 bits per heavy atom. The second-order valence-electron chi connectivity index (χ2n) is 10.1. The fourth-order valence-electron chi connectivity index (χ4n) is 5.75. The van der Waals surface area contributed by atoms with Crippen LogP contribution in [-0.4, -0.2) is 64.1 Å². The molecule has 4 aliphatic heterocycles. The minimum Gasteiger partial charge on any atom is -0.336 e. The van der Waals surface area contributed by atoms with Gasteiger partial charge in [0.05, 0.1) is 12.0 Å². The molecule has 0 saturated carbocycles. The van der Waals surface area contributed by atoms with Crippen LogP contribution in [0.2, 0.25) is 0 Å². The van der Waals surface area contributed by atoms with Gasteiger partial charge in [-0.25, -0.2) is 4.79 Å². The molecule has 2 bridgehead atoms. The molecule has 4 aliphatic rings. The number of carbonyl (C=O) groups is 4. The second kappa shape index (κ2) is 8.52. The van der Waals surface area contributed by atoms with Crippen molar-refractivity contribution in [1.82, 2.24) is 20.0 Å². The van der Waals surface area contributed by atoms with E-state index in [1.165, 1.54) is 9.80 Å². The SMILES string of the molecule is CC(C)C1CN(C)C(=O)N1C(=O)[C@H]1C[C@@]2(c3ccccc3)NC(=O)[C@@H]1N(Cc1ccccc1)C2=O. The summed E-state index contributed by atoms with van der Waals surface area (Å²) >= 11 is 0. The highest BCUT2D eigenvalue weighted by atomic mass is 16.2. The Bertz CT molecular complexity index is 1170. The van der Waals surface area contributed by atoms with Gasteiger partial charge in [-0.1, -0.05) is 74.5 Å². The molecule has 8 nitrogen and oxygen atoms in total. The predicted octanol–water partition coefficient (Wildman–Crippen LogP) is 2.35. The number of benzene rings is 2. The van der Waals surface area contributed by atoms with Crippen molar-refractivity contribution in [2.24, 2.45) is 11.8 Å². The molecule has 4 heterocycles. The third-order valence-electron chi connectivity index (χ3n) is 7.59. The molecule has 0 aromatic heterocycles. The average molecular weight is 475 g/mol. The molecule has 35 heavy (non-hydrogen) atoms. The first-order valence-corrected chi connectivity index (χ1v) is 12.1. The summed E-state index contributed by atoms with van der Waals surface area (Å²) in [5.74, 6) is -1.75. The van der Waals surface area contributed by atoms with E-state index >= 15 is 0 Å². The number of rotatable bonds is 5. The first-order valence-electron chi connectivity index (χ1n) is 12.1. The zero-order valence-electron chi connectivity index (χ0n) is 20.2. The Hall–Kier alpha value is -3.68. The first kappa shape index (κ1) is 23.1. The summed E-state index contributed by atoms with van der Waals surface area (Å²) in [6, 6.07) is 16.9. The molecule has 8 heteroatoms. The molecule has 4 atom stereocenters. The van der Waals surface area contributed by atoms with Crippen molar-refractivity contribution in [3.63, 3.8) is 0 Å². The first-order chi connectivity index (χ1) is 16.7. The second-order valence-corrected chi connectivity index (χ2v) is 10.1. The molecule has 1 N–H and O–H groups in total. The average Bonchev–Trinajstić information content (AvgIpc) is 3.16. The Balaban J connectivity index is 1.59. The van der Waals surface area contributed by atoms with Crippen LogP contribution in [0.4, 0.5) is 4.79 Å². The molecule has 0 aliphatic carbocycles. The van der Waals surface area contributed by atoms with Crippen LogP contribution < -0.4 is 5.32 Å². The highest BCUT2D eigenvalue weighted by Gasteiger charge is 2.63. The fraction of sp³-hybridized carbons (Fsp3) is 0.407. The highest BCUT2D eigenvalue weighted by Crippen LogP contribution is 2.45. The van der Waals surface area contributed by atoms with Gasteiger partial charge in [-0.3, -0.25) is 19.3 Å². The van der Waals surface area contributed by atoms with Gasteiger partial charge in [-0.15, -0.1) is 0 Å². The highest BCUT2D eigenvalue weighted by molar-refractivity contribution is 6.07. The van der Waals surface area contributed by atoms with Crippen molar-refractivity contribution >= 4 is 23.8 Å². The monoisotopic (exact) mass is 474 g/mol. The quantitative estimate of drug-likeness (QED) is 0.720. The number of fused-ring (bicyclic) bond motifs is 3. The van der Waals surface area contributed by atoms with Gasteiger partial charge >= 0.3 is 6.03 Å². The summed E-state index contributed by atoms with van der Waals surface area (Å²) < 4.78 is 0. The largest absolute Gasteiger partial charge is 0.336 e. The van der Waals surface area contributed by atoms with Gasteiger partial charge in [0.1, 0.15) is 11.6 Å². The van der Waals surface area contributed by atoms with Crippen LogP contribution in [0.25, 0.3) is 0 Å². The van der Waals surface area contributed by atoms with E-state index in [2.05, 4.69) is 5.32 Å². The number of nitrogens with zero attached hydrogens (tertiary/aromatic N) is 3. The number of amides is 5. The number of carbonyl (C=O) groups excluding carboxylic acids is 4. The Morgan fingerprint density at radius 3 is 2.29 bits per heavy atom. The number of piperazine rings is 1. The van der Waals surface area contributed by atoms with Gasteiger partial charge in [0.15, 0.2) is 0 Å². The van der Waals surface area contributed by atoms with Gasteiger partial charge in [0.2, 0.25) is 11.8 Å². The molecule has 4 fully saturated rings. The van der Waals surface area contributed by atoms with Crippen LogP contribution in [0.5, 0.6) is 0 Å². The van der Waals surface area contributed by atoms with Crippen molar-refractivity contribution in [2.45, 2.75) is 44.4 Å². The molecule has 2 aromatic carbocycles. The number of piperidine rings is 2. The topological polar surface area (TPSA) is 90.0 Å². The van der Waals surface area contributed by atoms with E-state index in [1.54, 1.807) is 24.1 Å². The van der Waals surface area contributed by atoms with E-state index in [9.17, 15) is 19.2 Å². The Morgan fingerprint density at radius 2 is 1.66 bits per heavy atom. The lowest BCUT2D eigenvalue weighted by Crippen LogP contribution is -2.76. The number of hydrogen-bond acceptors (Lipinski definition) is 4. The molecule has 4 saturated heterocycles. The molecule has 2 aromatic rings. The fourth-order valence-corrected chi connectivity index (χ4v) is 5.75. The van der Waals surface area contributed by atoms with E-state index < -0.39 is 17.5 Å². The summed E-state index contributed by atoms with van der Waals surface area (Å²) in [7, 11) is 1.68. The maximum atomic E-state index is 14.0. The normalized spacial score (nSPS) is 28.2. The van der Waals surface area contributed by atoms with Crippen LogP contribution in [0.15, 0.2) is 60.7 Å². The molecule has 0 spiro atoms. The lowest BCUT2D eigenvalue weighted by molar-refractivity contribution is -0.172. The van der Waals surface area contributed by atoms with Crippen LogP contribution in [0, 0.1) is 11.8 Å². The smallest absolute Gasteiger partial charge is 0.326 e. The van der Waals surface area contributed by atoms with Gasteiger partial charge in [-0.05, 0) is 23.5 Å². The van der Waals surface area contributed by atoms with Crippen molar-refractivity contribution in [3.05, 3.63) is 71.8 Å². The van der Waals surface area contributed by atoms with Gasteiger partial charge in [-0.2, -0.15) is 0 Å². The molecule has 0 radical (unpaired) electrons. The van der Waals surface area contributed by atoms with Crippen molar-refractivity contribution in [1.29, 1.82) is 0 Å². The lowest BCUT2D eigenvalue weighted by Gasteiger charge is -2.54. The zero-order valence-corrected chi connectivity index (χ0v) is 20.2. The lowest BCUT2D eigenvalue weighted by atomic mass is 9.68. The molecule has 182 valence electrons. The number of hydrogen-bond donors (Lipinski definition) is 1. The number of nitrogens with one attached hydrogen (secondary N) is 1. The third kappa shape index (κ3) is 3.59. The van der Waals surface area contributed by atoms with Crippen LogP contribution in [0.3, 0.4) is 0 Å². The Kier molecular flexibility index (Phi) is 5.62. The molecule has 6 rings (SSSR count). The number of urea groups is 1. The van der Waals surface area contributed by atoms with E-state index in [0.717, 1.165) is 5.56 Å². The maximum absolute atomic E-state index is 14.0. The van der Waals surface area contributed by atoms with Crippen LogP contribution in [-0.2, 0) is 26.5 Å². The van der Waals surface area contributed by atoms with Crippen LogP contribution in [0.1, 0.15) is 31.4 Å². The van der Waals surface area contributed by atoms with Gasteiger partial charge < -0.3 is 15.1 Å². The van der Waals surface area contributed by atoms with Crippen molar-refractivity contribution in [2.75, 3.05) is 13.6 Å². The van der Waals surface area contributed by atoms with Crippen molar-refractivity contribution < 1.29 is 19.2 Å². The summed E-state index contributed by atoms with van der Waals surface area (Å²) in [6.45, 7) is 4.61. The van der Waals surface area contributed by atoms with E-state index in [1.807, 2.05) is 62.4 Å². The summed E-state index contributed by atoms with van der Waals surface area (Å²) in [5.41, 5.74) is 0.148. The number of likely N-dealkylation sites (N-methyl/N-ethyl adjacent to an activating group) is 1. The van der Waals surface area contributed by atoms with Crippen molar-refractivity contribution in [3.8, 4) is 0 Å². The minimum atomic E-state index is -1.36. The maximum Gasteiger partial charge on any atom is 0.326 e. The standard InChI is InChI=1S/C27H30N4O4/c1-17(2)21-16-29(3)26(35)31(21)24(33)20-14-27(19-12-8-5-9-13-19)25(34)30(22(20)23(32)28-27)15-18-10-6-4-7-11-18/h4-13,17,20-22H,14-16H2,1-3H3,(H,28,32)/t20-,21?,22+,27-/m0/s1. The summed E-state index contributed by atoms with van der Waals surface area (Å²) in [4.78, 5) is 58.9. The Labute approximate surface area is 204 Å². The van der Waals surface area contributed by atoms with Crippen LogP contribution >= 0.6 is 0 Å². The molecule has 5 amide bonds. The van der Waals surface area contributed by atoms with E-state index in [0.29, 0.717) is 12.1 Å². The number of imide groups is 1.